The molecule has 1 saturated carbocycles. The van der Waals surface area contributed by atoms with Gasteiger partial charge in [-0.3, -0.25) is 9.89 Å². The van der Waals surface area contributed by atoms with E-state index < -0.39 is 16.1 Å². The van der Waals surface area contributed by atoms with Crippen molar-refractivity contribution in [3.63, 3.8) is 0 Å². The van der Waals surface area contributed by atoms with Crippen molar-refractivity contribution in [1.82, 2.24) is 20.2 Å². The number of rotatable bonds is 5. The zero-order valence-corrected chi connectivity index (χ0v) is 15.2. The summed E-state index contributed by atoms with van der Waals surface area (Å²) < 4.78 is 36.8. The van der Waals surface area contributed by atoms with Crippen LogP contribution in [-0.2, 0) is 14.8 Å². The number of aromatic amines is 1. The Hall–Kier alpha value is -2.17. The SMILES string of the molecule is Cc1ccc(-c2cc(C(=O)N[C@H]3[C@H]4CCO[C@H]4[C@@H]3NS(C)(=O)=O)n[nH]2)o1. The highest BCUT2D eigenvalue weighted by Gasteiger charge is 2.55. The van der Waals surface area contributed by atoms with E-state index in [4.69, 9.17) is 9.15 Å². The summed E-state index contributed by atoms with van der Waals surface area (Å²) in [6, 6.07) is 4.44. The molecule has 0 bridgehead atoms. The van der Waals surface area contributed by atoms with Gasteiger partial charge in [0.15, 0.2) is 11.5 Å². The van der Waals surface area contributed by atoms with Crippen LogP contribution in [0, 0.1) is 12.8 Å². The molecule has 2 aromatic rings. The van der Waals surface area contributed by atoms with E-state index in [1.807, 2.05) is 13.0 Å². The van der Waals surface area contributed by atoms with Gasteiger partial charge in [0, 0.05) is 18.6 Å². The minimum Gasteiger partial charge on any atom is -0.460 e. The van der Waals surface area contributed by atoms with Crippen molar-refractivity contribution in [2.75, 3.05) is 12.9 Å². The van der Waals surface area contributed by atoms with E-state index in [1.54, 1.807) is 12.1 Å². The van der Waals surface area contributed by atoms with Crippen molar-refractivity contribution in [3.05, 3.63) is 29.7 Å². The van der Waals surface area contributed by atoms with Crippen LogP contribution in [0.5, 0.6) is 0 Å². The average molecular weight is 380 g/mol. The van der Waals surface area contributed by atoms with E-state index in [9.17, 15) is 13.2 Å². The third-order valence-electron chi connectivity index (χ3n) is 4.85. The smallest absolute Gasteiger partial charge is 0.272 e. The maximum Gasteiger partial charge on any atom is 0.272 e. The summed E-state index contributed by atoms with van der Waals surface area (Å²) in [6.45, 7) is 2.40. The number of H-pyrrole nitrogens is 1. The van der Waals surface area contributed by atoms with Crippen molar-refractivity contribution in [3.8, 4) is 11.5 Å². The molecule has 0 aromatic carbocycles. The first kappa shape index (κ1) is 17.3. The van der Waals surface area contributed by atoms with Crippen LogP contribution in [0.1, 0.15) is 22.7 Å². The first-order valence-electron chi connectivity index (χ1n) is 8.34. The molecule has 1 saturated heterocycles. The lowest BCUT2D eigenvalue weighted by Crippen LogP contribution is -2.70. The lowest BCUT2D eigenvalue weighted by Gasteiger charge is -2.47. The summed E-state index contributed by atoms with van der Waals surface area (Å²) in [4.78, 5) is 12.6. The van der Waals surface area contributed by atoms with Gasteiger partial charge in [-0.25, -0.2) is 13.1 Å². The van der Waals surface area contributed by atoms with Gasteiger partial charge >= 0.3 is 0 Å². The molecule has 3 heterocycles. The van der Waals surface area contributed by atoms with Gasteiger partial charge < -0.3 is 14.5 Å². The number of nitrogens with one attached hydrogen (secondary N) is 3. The fourth-order valence-corrected chi connectivity index (χ4v) is 4.44. The summed E-state index contributed by atoms with van der Waals surface area (Å²) in [6.07, 6.45) is 1.69. The van der Waals surface area contributed by atoms with Crippen LogP contribution in [0.15, 0.2) is 22.6 Å². The molecule has 10 heteroatoms. The number of fused-ring (bicyclic) bond motifs is 1. The summed E-state index contributed by atoms with van der Waals surface area (Å²) in [5.41, 5.74) is 0.819. The van der Waals surface area contributed by atoms with Gasteiger partial charge in [-0.1, -0.05) is 0 Å². The fraction of sp³-hybridized carbons (Fsp3) is 0.500. The topological polar surface area (TPSA) is 126 Å². The number of nitrogens with zero attached hydrogens (tertiary/aromatic N) is 1. The lowest BCUT2D eigenvalue weighted by molar-refractivity contribution is -0.0194. The molecule has 0 spiro atoms. The van der Waals surface area contributed by atoms with Gasteiger partial charge in [0.1, 0.15) is 11.5 Å². The quantitative estimate of drug-likeness (QED) is 0.690. The second-order valence-corrected chi connectivity index (χ2v) is 8.56. The van der Waals surface area contributed by atoms with Crippen LogP contribution in [0.4, 0.5) is 0 Å². The first-order chi connectivity index (χ1) is 12.3. The van der Waals surface area contributed by atoms with E-state index in [0.29, 0.717) is 18.1 Å². The number of aromatic nitrogens is 2. The fourth-order valence-electron chi connectivity index (χ4n) is 3.66. The molecule has 2 fully saturated rings. The predicted octanol–water partition coefficient (Wildman–Crippen LogP) is 0.413. The maximum atomic E-state index is 12.6. The standard InChI is InChI=1S/C16H20N4O5S/c1-8-3-4-12(25-8)10-7-11(19-18-10)16(21)17-13-9-5-6-24-15(9)14(13)20-26(2,22)23/h3-4,7,9,13-15,20H,5-6H2,1-2H3,(H,17,21)(H,18,19)/t9-,13+,14-,15-/m1/s1. The maximum absolute atomic E-state index is 12.6. The molecule has 140 valence electrons. The molecule has 4 atom stereocenters. The molecular formula is C16H20N4O5S. The Balaban J connectivity index is 1.48. The van der Waals surface area contributed by atoms with E-state index >= 15 is 0 Å². The second-order valence-electron chi connectivity index (χ2n) is 6.78. The number of hydrogen-bond acceptors (Lipinski definition) is 6. The summed E-state index contributed by atoms with van der Waals surface area (Å²) in [5, 5.41) is 9.70. The molecular weight excluding hydrogens is 360 g/mol. The lowest BCUT2D eigenvalue weighted by atomic mass is 9.72. The number of aryl methyl sites for hydroxylation is 1. The number of amides is 1. The Kier molecular flexibility index (Phi) is 4.13. The predicted molar refractivity (Wildman–Crippen MR) is 91.9 cm³/mol. The zero-order valence-electron chi connectivity index (χ0n) is 14.4. The van der Waals surface area contributed by atoms with Crippen LogP contribution in [0.25, 0.3) is 11.5 Å². The molecule has 3 N–H and O–H groups in total. The number of furan rings is 1. The third-order valence-corrected chi connectivity index (χ3v) is 5.55. The van der Waals surface area contributed by atoms with Crippen LogP contribution in [-0.4, -0.2) is 55.6 Å². The van der Waals surface area contributed by atoms with Crippen LogP contribution >= 0.6 is 0 Å². The highest BCUT2D eigenvalue weighted by molar-refractivity contribution is 7.88. The number of hydrogen-bond donors (Lipinski definition) is 3. The molecule has 4 rings (SSSR count). The highest BCUT2D eigenvalue weighted by atomic mass is 32.2. The number of carbonyl (C=O) groups is 1. The van der Waals surface area contributed by atoms with Gasteiger partial charge in [0.25, 0.3) is 5.91 Å². The monoisotopic (exact) mass is 380 g/mol. The summed E-state index contributed by atoms with van der Waals surface area (Å²) in [5.74, 6) is 1.09. The molecule has 2 aliphatic rings. The number of ether oxygens (including phenoxy) is 1. The Morgan fingerprint density at radius 2 is 2.15 bits per heavy atom. The first-order valence-corrected chi connectivity index (χ1v) is 10.2. The van der Waals surface area contributed by atoms with Gasteiger partial charge in [0.05, 0.1) is 24.4 Å². The molecule has 1 aliphatic heterocycles. The average Bonchev–Trinajstić information content (AvgIpc) is 3.28. The van der Waals surface area contributed by atoms with Gasteiger partial charge in [-0.15, -0.1) is 0 Å². The normalized spacial score (nSPS) is 27.8. The highest BCUT2D eigenvalue weighted by Crippen LogP contribution is 2.39. The van der Waals surface area contributed by atoms with Crippen molar-refractivity contribution in [1.29, 1.82) is 0 Å². The van der Waals surface area contributed by atoms with Crippen molar-refractivity contribution in [2.45, 2.75) is 31.5 Å². The van der Waals surface area contributed by atoms with E-state index in [0.717, 1.165) is 18.4 Å². The largest absolute Gasteiger partial charge is 0.460 e. The van der Waals surface area contributed by atoms with Crippen LogP contribution < -0.4 is 10.0 Å². The molecule has 1 amide bonds. The minimum atomic E-state index is -3.40. The van der Waals surface area contributed by atoms with Crippen LogP contribution in [0.3, 0.4) is 0 Å². The van der Waals surface area contributed by atoms with E-state index in [2.05, 4.69) is 20.2 Å². The summed E-state index contributed by atoms with van der Waals surface area (Å²) >= 11 is 0. The molecule has 0 radical (unpaired) electrons. The molecule has 1 aliphatic carbocycles. The van der Waals surface area contributed by atoms with Crippen LogP contribution in [0.2, 0.25) is 0 Å². The zero-order chi connectivity index (χ0) is 18.5. The van der Waals surface area contributed by atoms with Gasteiger partial charge in [-0.2, -0.15) is 5.10 Å². The van der Waals surface area contributed by atoms with Gasteiger partial charge in [0.2, 0.25) is 10.0 Å². The molecule has 9 nitrogen and oxygen atoms in total. The number of carbonyl (C=O) groups excluding carboxylic acids is 1. The molecule has 0 unspecified atom stereocenters. The Labute approximate surface area is 150 Å². The van der Waals surface area contributed by atoms with Crippen molar-refractivity contribution in [2.24, 2.45) is 5.92 Å². The van der Waals surface area contributed by atoms with E-state index in [-0.39, 0.29) is 29.7 Å². The Bertz CT molecular complexity index is 934. The minimum absolute atomic E-state index is 0.101. The number of sulfonamides is 1. The molecule has 2 aromatic heterocycles. The van der Waals surface area contributed by atoms with E-state index in [1.165, 1.54) is 0 Å². The Morgan fingerprint density at radius 1 is 1.35 bits per heavy atom. The third kappa shape index (κ3) is 3.15. The van der Waals surface area contributed by atoms with Crippen molar-refractivity contribution >= 4 is 15.9 Å². The van der Waals surface area contributed by atoms with Gasteiger partial charge in [-0.05, 0) is 25.5 Å². The van der Waals surface area contributed by atoms with Crippen molar-refractivity contribution < 1.29 is 22.4 Å². The Morgan fingerprint density at radius 3 is 2.85 bits per heavy atom. The summed E-state index contributed by atoms with van der Waals surface area (Å²) in [7, 11) is -3.40. The molecule has 26 heavy (non-hydrogen) atoms. The second kappa shape index (κ2) is 6.22.